The molecular formula is C32H33NO8. The molecule has 9 nitrogen and oxygen atoms in total. The van der Waals surface area contributed by atoms with Gasteiger partial charge in [0.05, 0.1) is 18.1 Å². The van der Waals surface area contributed by atoms with Gasteiger partial charge in [0, 0.05) is 36.4 Å². The van der Waals surface area contributed by atoms with Crippen LogP contribution < -0.4 is 15.5 Å². The number of benzene rings is 3. The molecule has 0 bridgehead atoms. The Morgan fingerprint density at radius 3 is 2.22 bits per heavy atom. The topological polar surface area (TPSA) is 146 Å². The number of carboxylic acid groups (broad SMARTS) is 2. The van der Waals surface area contributed by atoms with Crippen LogP contribution in [0.1, 0.15) is 18.4 Å². The molecule has 1 unspecified atom stereocenters. The number of ether oxygens (including phenoxy) is 1. The summed E-state index contributed by atoms with van der Waals surface area (Å²) in [6, 6.07) is 26.6. The Morgan fingerprint density at radius 1 is 0.902 bits per heavy atom. The Bertz CT molecular complexity index is 1470. The SMILES string of the molecule is O=C(O)/C=C\C(=O)O.O=c1cc(-c2ccccc2)oc2cc(OCCCC(O)CNCCc3ccccc3)ccc12. The lowest BCUT2D eigenvalue weighted by molar-refractivity contribution is -0.134. The van der Waals surface area contributed by atoms with Crippen LogP contribution in [0.2, 0.25) is 0 Å². The third kappa shape index (κ3) is 11.1. The highest BCUT2D eigenvalue weighted by atomic mass is 16.5. The number of aliphatic hydroxyl groups is 1. The van der Waals surface area contributed by atoms with Gasteiger partial charge in [-0.2, -0.15) is 0 Å². The number of fused-ring (bicyclic) bond motifs is 1. The first-order chi connectivity index (χ1) is 19.8. The normalized spacial score (nSPS) is 11.5. The fraction of sp³-hybridized carbons (Fsp3) is 0.219. The summed E-state index contributed by atoms with van der Waals surface area (Å²) in [7, 11) is 0. The maximum atomic E-state index is 12.5. The maximum Gasteiger partial charge on any atom is 0.328 e. The maximum absolute atomic E-state index is 12.5. The highest BCUT2D eigenvalue weighted by molar-refractivity contribution is 5.89. The number of carboxylic acids is 2. The zero-order valence-electron chi connectivity index (χ0n) is 22.4. The van der Waals surface area contributed by atoms with Crippen molar-refractivity contribution < 1.29 is 34.1 Å². The molecule has 1 atom stereocenters. The van der Waals surface area contributed by atoms with Crippen LogP contribution in [-0.2, 0) is 16.0 Å². The Kier molecular flexibility index (Phi) is 12.3. The van der Waals surface area contributed by atoms with Gasteiger partial charge in [0.25, 0.3) is 0 Å². The van der Waals surface area contributed by atoms with Crippen LogP contribution in [0.25, 0.3) is 22.3 Å². The minimum atomic E-state index is -1.26. The zero-order valence-corrected chi connectivity index (χ0v) is 22.4. The van der Waals surface area contributed by atoms with Crippen LogP contribution >= 0.6 is 0 Å². The third-order valence-corrected chi connectivity index (χ3v) is 5.89. The van der Waals surface area contributed by atoms with E-state index in [1.54, 1.807) is 18.2 Å². The second kappa shape index (κ2) is 16.4. The van der Waals surface area contributed by atoms with Crippen molar-refractivity contribution in [2.75, 3.05) is 19.7 Å². The third-order valence-electron chi connectivity index (χ3n) is 5.89. The molecule has 3 aromatic carbocycles. The minimum absolute atomic E-state index is 0.0791. The summed E-state index contributed by atoms with van der Waals surface area (Å²) in [6.45, 7) is 1.89. The van der Waals surface area contributed by atoms with Gasteiger partial charge in [-0.15, -0.1) is 0 Å². The molecule has 4 aromatic rings. The Morgan fingerprint density at radius 2 is 1.56 bits per heavy atom. The highest BCUT2D eigenvalue weighted by Crippen LogP contribution is 2.25. The number of rotatable bonds is 13. The van der Waals surface area contributed by atoms with E-state index in [2.05, 4.69) is 17.4 Å². The van der Waals surface area contributed by atoms with Gasteiger partial charge in [-0.25, -0.2) is 9.59 Å². The summed E-state index contributed by atoms with van der Waals surface area (Å²) in [6.07, 6.45) is 3.03. The molecule has 1 heterocycles. The van der Waals surface area contributed by atoms with E-state index in [4.69, 9.17) is 19.4 Å². The molecular weight excluding hydrogens is 526 g/mol. The Balaban J connectivity index is 0.000000507. The van der Waals surface area contributed by atoms with Crippen molar-refractivity contribution in [2.45, 2.75) is 25.4 Å². The Hall–Kier alpha value is -4.73. The van der Waals surface area contributed by atoms with E-state index in [0.29, 0.717) is 54.2 Å². The van der Waals surface area contributed by atoms with E-state index in [1.807, 2.05) is 48.5 Å². The number of nitrogens with one attached hydrogen (secondary N) is 1. The summed E-state index contributed by atoms with van der Waals surface area (Å²) in [5, 5.41) is 29.6. The smallest absolute Gasteiger partial charge is 0.328 e. The van der Waals surface area contributed by atoms with E-state index in [0.717, 1.165) is 24.9 Å². The first-order valence-corrected chi connectivity index (χ1v) is 13.1. The van der Waals surface area contributed by atoms with Crippen molar-refractivity contribution in [2.24, 2.45) is 0 Å². The van der Waals surface area contributed by atoms with Crippen LogP contribution in [0.4, 0.5) is 0 Å². The van der Waals surface area contributed by atoms with Gasteiger partial charge < -0.3 is 29.8 Å². The van der Waals surface area contributed by atoms with Gasteiger partial charge in [0.1, 0.15) is 17.1 Å². The predicted octanol–water partition coefficient (Wildman–Crippen LogP) is 4.52. The van der Waals surface area contributed by atoms with E-state index >= 15 is 0 Å². The first kappa shape index (κ1) is 30.8. The molecule has 4 N–H and O–H groups in total. The molecule has 0 aliphatic rings. The Labute approximate surface area is 237 Å². The predicted molar refractivity (Wildman–Crippen MR) is 156 cm³/mol. The van der Waals surface area contributed by atoms with Gasteiger partial charge >= 0.3 is 11.9 Å². The second-order valence-electron chi connectivity index (χ2n) is 9.09. The zero-order chi connectivity index (χ0) is 29.5. The van der Waals surface area contributed by atoms with Gasteiger partial charge in [0.15, 0.2) is 5.43 Å². The van der Waals surface area contributed by atoms with Gasteiger partial charge in [-0.05, 0) is 43.5 Å². The summed E-state index contributed by atoms with van der Waals surface area (Å²) in [5.41, 5.74) is 2.57. The quantitative estimate of drug-likeness (QED) is 0.137. The van der Waals surface area contributed by atoms with Crippen LogP contribution in [-0.4, -0.2) is 53.1 Å². The minimum Gasteiger partial charge on any atom is -0.493 e. The molecule has 0 aliphatic heterocycles. The molecule has 0 spiro atoms. The fourth-order valence-corrected chi connectivity index (χ4v) is 3.87. The van der Waals surface area contributed by atoms with E-state index in [1.165, 1.54) is 11.6 Å². The number of aliphatic carboxylic acids is 2. The summed E-state index contributed by atoms with van der Waals surface area (Å²) >= 11 is 0. The monoisotopic (exact) mass is 559 g/mol. The molecule has 41 heavy (non-hydrogen) atoms. The molecule has 0 saturated carbocycles. The van der Waals surface area contributed by atoms with E-state index < -0.39 is 18.0 Å². The molecule has 0 radical (unpaired) electrons. The molecule has 4 rings (SSSR count). The highest BCUT2D eigenvalue weighted by Gasteiger charge is 2.09. The van der Waals surface area contributed by atoms with Crippen molar-refractivity contribution >= 4 is 22.9 Å². The van der Waals surface area contributed by atoms with Crippen molar-refractivity contribution in [1.82, 2.24) is 5.32 Å². The lowest BCUT2D eigenvalue weighted by atomic mass is 10.1. The number of carbonyl (C=O) groups is 2. The van der Waals surface area contributed by atoms with Crippen LogP contribution in [0.15, 0.2) is 106 Å². The molecule has 0 fully saturated rings. The van der Waals surface area contributed by atoms with Gasteiger partial charge in [-0.3, -0.25) is 4.79 Å². The van der Waals surface area contributed by atoms with Gasteiger partial charge in [-0.1, -0.05) is 60.7 Å². The molecule has 214 valence electrons. The average Bonchev–Trinajstić information content (AvgIpc) is 2.97. The summed E-state index contributed by atoms with van der Waals surface area (Å²) in [5.74, 6) is -1.33. The standard InChI is InChI=1S/C28H29NO4.C4H4O4/c30-23(20-29-16-15-21-8-3-1-4-9-21)12-7-17-32-24-13-14-25-26(31)19-27(33-28(25)18-24)22-10-5-2-6-11-22;5-3(6)1-2-4(7)8/h1-6,8-11,13-14,18-19,23,29-30H,7,12,15-17,20H2;1-2H,(H,5,6)(H,7,8)/b;2-1-. The summed E-state index contributed by atoms with van der Waals surface area (Å²) < 4.78 is 11.8. The number of hydrogen-bond donors (Lipinski definition) is 4. The molecule has 1 aromatic heterocycles. The largest absolute Gasteiger partial charge is 0.493 e. The number of hydrogen-bond acceptors (Lipinski definition) is 7. The number of aliphatic hydroxyl groups excluding tert-OH is 1. The second-order valence-corrected chi connectivity index (χ2v) is 9.09. The van der Waals surface area contributed by atoms with Crippen molar-refractivity contribution in [3.8, 4) is 17.1 Å². The fourth-order valence-electron chi connectivity index (χ4n) is 3.87. The summed E-state index contributed by atoms with van der Waals surface area (Å²) in [4.78, 5) is 31.6. The van der Waals surface area contributed by atoms with Crippen molar-refractivity contribution in [3.63, 3.8) is 0 Å². The molecule has 0 saturated heterocycles. The van der Waals surface area contributed by atoms with Gasteiger partial charge in [0.2, 0.25) is 0 Å². The molecule has 9 heteroatoms. The lowest BCUT2D eigenvalue weighted by Gasteiger charge is -2.12. The lowest BCUT2D eigenvalue weighted by Crippen LogP contribution is -2.28. The van der Waals surface area contributed by atoms with Crippen molar-refractivity contribution in [3.05, 3.63) is 113 Å². The van der Waals surface area contributed by atoms with Crippen LogP contribution in [0.3, 0.4) is 0 Å². The van der Waals surface area contributed by atoms with Crippen molar-refractivity contribution in [1.29, 1.82) is 0 Å². The average molecular weight is 560 g/mol. The molecule has 0 amide bonds. The van der Waals surface area contributed by atoms with E-state index in [-0.39, 0.29) is 5.43 Å². The van der Waals surface area contributed by atoms with Crippen LogP contribution in [0.5, 0.6) is 5.75 Å². The first-order valence-electron chi connectivity index (χ1n) is 13.1. The molecule has 0 aliphatic carbocycles. The van der Waals surface area contributed by atoms with E-state index in [9.17, 15) is 19.5 Å². The van der Waals surface area contributed by atoms with Crippen LogP contribution in [0, 0.1) is 0 Å².